The van der Waals surface area contributed by atoms with E-state index in [0.717, 1.165) is 37.8 Å². The van der Waals surface area contributed by atoms with Crippen LogP contribution in [0.1, 0.15) is 16.7 Å². The molecule has 1 aromatic heterocycles. The molecule has 0 aliphatic heterocycles. The van der Waals surface area contributed by atoms with Crippen LogP contribution in [0.4, 0.5) is 0 Å². The minimum Gasteiger partial charge on any atom is -0.483 e. The highest BCUT2D eigenvalue weighted by Crippen LogP contribution is 2.27. The summed E-state index contributed by atoms with van der Waals surface area (Å²) in [5, 5.41) is 5.14. The average molecular weight is 414 g/mol. The normalized spacial score (nSPS) is 11.2. The third kappa shape index (κ3) is 3.96. The molecule has 0 spiro atoms. The summed E-state index contributed by atoms with van der Waals surface area (Å²) in [6.07, 6.45) is 3.63. The molecular weight excluding hydrogens is 394 g/mol. The molecule has 0 fully saturated rings. The number of carbonyl (C=O) groups is 1. The first-order valence-corrected chi connectivity index (χ1v) is 9.00. The molecule has 5 nitrogen and oxygen atoms in total. The van der Waals surface area contributed by atoms with Crippen LogP contribution < -0.4 is 10.2 Å². The number of ether oxygens (including phenoxy) is 1. The topological polar surface area (TPSA) is 55.6 Å². The van der Waals surface area contributed by atoms with Gasteiger partial charge in [0, 0.05) is 34.2 Å². The lowest BCUT2D eigenvalue weighted by Crippen LogP contribution is -2.25. The van der Waals surface area contributed by atoms with Crippen molar-refractivity contribution in [3.05, 3.63) is 63.8 Å². The van der Waals surface area contributed by atoms with Gasteiger partial charge in [-0.05, 0) is 43.2 Å². The molecule has 3 aromatic rings. The van der Waals surface area contributed by atoms with Crippen molar-refractivity contribution in [2.24, 2.45) is 12.1 Å². The SMILES string of the molecule is Cc1cc(Br)cc(C)c1OCC(=O)N/N=C/c1cn(C)c2ccccc12. The predicted molar refractivity (Wildman–Crippen MR) is 108 cm³/mol. The highest BCUT2D eigenvalue weighted by atomic mass is 79.9. The molecule has 0 bridgehead atoms. The summed E-state index contributed by atoms with van der Waals surface area (Å²) in [6, 6.07) is 12.0. The Kier molecular flexibility index (Phi) is 5.42. The summed E-state index contributed by atoms with van der Waals surface area (Å²) in [7, 11) is 1.98. The van der Waals surface area contributed by atoms with Gasteiger partial charge in [-0.25, -0.2) is 5.43 Å². The fraction of sp³-hybridized carbons (Fsp3) is 0.200. The van der Waals surface area contributed by atoms with Crippen molar-refractivity contribution >= 4 is 39.0 Å². The number of benzene rings is 2. The van der Waals surface area contributed by atoms with Gasteiger partial charge in [-0.2, -0.15) is 5.10 Å². The van der Waals surface area contributed by atoms with Crippen LogP contribution in [0.5, 0.6) is 5.75 Å². The molecule has 0 radical (unpaired) electrons. The van der Waals surface area contributed by atoms with E-state index in [1.54, 1.807) is 6.21 Å². The second-order valence-electron chi connectivity index (χ2n) is 6.16. The van der Waals surface area contributed by atoms with Gasteiger partial charge in [-0.1, -0.05) is 34.1 Å². The minimum atomic E-state index is -0.303. The molecule has 2 aromatic carbocycles. The number of carbonyl (C=O) groups excluding carboxylic acids is 1. The number of para-hydroxylation sites is 1. The Labute approximate surface area is 160 Å². The third-order valence-corrected chi connectivity index (χ3v) is 4.55. The lowest BCUT2D eigenvalue weighted by atomic mass is 10.1. The van der Waals surface area contributed by atoms with Crippen molar-refractivity contribution in [2.75, 3.05) is 6.61 Å². The average Bonchev–Trinajstić information content (AvgIpc) is 2.90. The van der Waals surface area contributed by atoms with Gasteiger partial charge in [0.15, 0.2) is 6.61 Å². The number of hydrazone groups is 1. The lowest BCUT2D eigenvalue weighted by Gasteiger charge is -2.11. The lowest BCUT2D eigenvalue weighted by molar-refractivity contribution is -0.123. The number of nitrogens with one attached hydrogen (secondary N) is 1. The van der Waals surface area contributed by atoms with Gasteiger partial charge in [-0.3, -0.25) is 4.79 Å². The number of amides is 1. The van der Waals surface area contributed by atoms with Crippen molar-refractivity contribution in [3.8, 4) is 5.75 Å². The number of aryl methyl sites for hydroxylation is 3. The number of halogens is 1. The Bertz CT molecular complexity index is 969. The molecule has 26 heavy (non-hydrogen) atoms. The van der Waals surface area contributed by atoms with Gasteiger partial charge < -0.3 is 9.30 Å². The molecule has 3 rings (SSSR count). The highest BCUT2D eigenvalue weighted by molar-refractivity contribution is 9.10. The molecule has 0 saturated heterocycles. The molecule has 0 saturated carbocycles. The van der Waals surface area contributed by atoms with Gasteiger partial charge >= 0.3 is 0 Å². The van der Waals surface area contributed by atoms with Gasteiger partial charge in [0.2, 0.25) is 0 Å². The van der Waals surface area contributed by atoms with Crippen LogP contribution >= 0.6 is 15.9 Å². The Morgan fingerprint density at radius 1 is 1.27 bits per heavy atom. The highest BCUT2D eigenvalue weighted by Gasteiger charge is 2.08. The summed E-state index contributed by atoms with van der Waals surface area (Å²) in [6.45, 7) is 3.81. The molecule has 134 valence electrons. The zero-order chi connectivity index (χ0) is 18.7. The predicted octanol–water partition coefficient (Wildman–Crippen LogP) is 4.09. The maximum atomic E-state index is 12.0. The van der Waals surface area contributed by atoms with E-state index in [2.05, 4.69) is 26.5 Å². The van der Waals surface area contributed by atoms with Crippen LogP contribution in [0, 0.1) is 13.8 Å². The quantitative estimate of drug-likeness (QED) is 0.505. The second-order valence-corrected chi connectivity index (χ2v) is 7.08. The first kappa shape index (κ1) is 18.2. The van der Waals surface area contributed by atoms with E-state index in [1.807, 2.05) is 68.1 Å². The number of hydrogen-bond acceptors (Lipinski definition) is 3. The first-order chi connectivity index (χ1) is 12.5. The molecule has 1 amide bonds. The van der Waals surface area contributed by atoms with Crippen molar-refractivity contribution < 1.29 is 9.53 Å². The van der Waals surface area contributed by atoms with Crippen molar-refractivity contribution in [1.29, 1.82) is 0 Å². The number of rotatable bonds is 5. The summed E-state index contributed by atoms with van der Waals surface area (Å²) < 4.78 is 8.67. The van der Waals surface area contributed by atoms with E-state index in [4.69, 9.17) is 4.74 Å². The molecule has 1 N–H and O–H groups in total. The third-order valence-electron chi connectivity index (χ3n) is 4.09. The summed E-state index contributed by atoms with van der Waals surface area (Å²) in [4.78, 5) is 12.0. The van der Waals surface area contributed by atoms with Gasteiger partial charge in [0.25, 0.3) is 5.91 Å². The summed E-state index contributed by atoms with van der Waals surface area (Å²) >= 11 is 3.45. The van der Waals surface area contributed by atoms with Crippen LogP contribution in [-0.2, 0) is 11.8 Å². The van der Waals surface area contributed by atoms with Crippen LogP contribution in [0.3, 0.4) is 0 Å². The van der Waals surface area contributed by atoms with Gasteiger partial charge in [0.05, 0.1) is 6.21 Å². The largest absolute Gasteiger partial charge is 0.483 e. The summed E-state index contributed by atoms with van der Waals surface area (Å²) in [5.74, 6) is 0.421. The van der Waals surface area contributed by atoms with E-state index < -0.39 is 0 Å². The van der Waals surface area contributed by atoms with Crippen LogP contribution in [0.15, 0.2) is 52.2 Å². The van der Waals surface area contributed by atoms with Crippen LogP contribution in [0.25, 0.3) is 10.9 Å². The van der Waals surface area contributed by atoms with Crippen molar-refractivity contribution in [3.63, 3.8) is 0 Å². The van der Waals surface area contributed by atoms with Gasteiger partial charge in [-0.15, -0.1) is 0 Å². The molecule has 1 heterocycles. The van der Waals surface area contributed by atoms with Crippen LogP contribution in [-0.4, -0.2) is 23.3 Å². The molecule has 0 atom stereocenters. The van der Waals surface area contributed by atoms with E-state index in [9.17, 15) is 4.79 Å². The van der Waals surface area contributed by atoms with E-state index in [0.29, 0.717) is 0 Å². The Morgan fingerprint density at radius 2 is 1.96 bits per heavy atom. The fourth-order valence-corrected chi connectivity index (χ4v) is 3.63. The number of nitrogens with zero attached hydrogens (tertiary/aromatic N) is 2. The maximum absolute atomic E-state index is 12.0. The molecule has 0 aliphatic rings. The number of aromatic nitrogens is 1. The van der Waals surface area contributed by atoms with E-state index in [-0.39, 0.29) is 12.5 Å². The monoisotopic (exact) mass is 413 g/mol. The zero-order valence-electron chi connectivity index (χ0n) is 14.9. The van der Waals surface area contributed by atoms with E-state index >= 15 is 0 Å². The molecule has 6 heteroatoms. The number of hydrogen-bond donors (Lipinski definition) is 1. The van der Waals surface area contributed by atoms with Crippen molar-refractivity contribution in [1.82, 2.24) is 9.99 Å². The smallest absolute Gasteiger partial charge is 0.277 e. The second kappa shape index (κ2) is 7.74. The summed E-state index contributed by atoms with van der Waals surface area (Å²) in [5.41, 5.74) is 6.53. The molecular formula is C20H20BrN3O2. The van der Waals surface area contributed by atoms with Gasteiger partial charge in [0.1, 0.15) is 5.75 Å². The molecule has 0 aliphatic carbocycles. The Morgan fingerprint density at radius 3 is 2.69 bits per heavy atom. The van der Waals surface area contributed by atoms with Crippen molar-refractivity contribution in [2.45, 2.75) is 13.8 Å². The number of fused-ring (bicyclic) bond motifs is 1. The van der Waals surface area contributed by atoms with Crippen LogP contribution in [0.2, 0.25) is 0 Å². The molecule has 0 unspecified atom stereocenters. The zero-order valence-corrected chi connectivity index (χ0v) is 16.5. The standard InChI is InChI=1S/C20H20BrN3O2/c1-13-8-16(21)9-14(2)20(13)26-12-19(25)23-22-10-15-11-24(3)18-7-5-4-6-17(15)18/h4-11H,12H2,1-3H3,(H,23,25)/b22-10+. The Balaban J connectivity index is 1.61. The Hall–Kier alpha value is -2.60. The maximum Gasteiger partial charge on any atom is 0.277 e. The first-order valence-electron chi connectivity index (χ1n) is 8.21. The fourth-order valence-electron chi connectivity index (χ4n) is 2.94. The minimum absolute atomic E-state index is 0.0871. The van der Waals surface area contributed by atoms with E-state index in [1.165, 1.54) is 0 Å².